The first-order chi connectivity index (χ1) is 11.0. The van der Waals surface area contributed by atoms with Crippen LogP contribution in [0.2, 0.25) is 0 Å². The molecular formula is C22H36O. The van der Waals surface area contributed by atoms with Gasteiger partial charge in [-0.2, -0.15) is 0 Å². The van der Waals surface area contributed by atoms with Crippen LogP contribution in [0.5, 0.6) is 0 Å². The van der Waals surface area contributed by atoms with E-state index in [4.69, 9.17) is 4.74 Å². The molecule has 0 saturated heterocycles. The number of rotatable bonds is 1. The number of hydrogen-bond acceptors (Lipinski definition) is 1. The highest BCUT2D eigenvalue weighted by Gasteiger charge is 2.61. The molecule has 0 aromatic rings. The molecule has 0 aromatic heterocycles. The summed E-state index contributed by atoms with van der Waals surface area (Å²) in [5.41, 5.74) is 2.72. The minimum atomic E-state index is 0.425. The molecule has 1 heteroatoms. The van der Waals surface area contributed by atoms with Crippen LogP contribution in [0.3, 0.4) is 0 Å². The van der Waals surface area contributed by atoms with Crippen LogP contribution in [0.15, 0.2) is 11.6 Å². The van der Waals surface area contributed by atoms with Crippen LogP contribution in [0.25, 0.3) is 0 Å². The van der Waals surface area contributed by atoms with Crippen molar-refractivity contribution in [3.05, 3.63) is 11.6 Å². The van der Waals surface area contributed by atoms with Crippen molar-refractivity contribution in [2.45, 2.75) is 84.7 Å². The fraction of sp³-hybridized carbons (Fsp3) is 0.909. The van der Waals surface area contributed by atoms with Gasteiger partial charge in [-0.05, 0) is 86.4 Å². The van der Waals surface area contributed by atoms with Crippen LogP contribution < -0.4 is 0 Å². The van der Waals surface area contributed by atoms with Crippen molar-refractivity contribution in [2.24, 2.45) is 34.5 Å². The molecule has 0 aromatic carbocycles. The molecule has 0 aliphatic heterocycles. The van der Waals surface area contributed by atoms with Gasteiger partial charge in [-0.1, -0.05) is 38.3 Å². The summed E-state index contributed by atoms with van der Waals surface area (Å²) in [6.45, 7) is 7.47. The molecule has 4 rings (SSSR count). The molecule has 0 heterocycles. The molecular weight excluding hydrogens is 280 g/mol. The Labute approximate surface area is 143 Å². The Morgan fingerprint density at radius 3 is 2.65 bits per heavy atom. The molecule has 4 aliphatic rings. The van der Waals surface area contributed by atoms with E-state index in [1.807, 2.05) is 7.11 Å². The zero-order valence-corrected chi connectivity index (χ0v) is 15.7. The van der Waals surface area contributed by atoms with E-state index in [1.165, 1.54) is 57.8 Å². The van der Waals surface area contributed by atoms with Crippen molar-refractivity contribution >= 4 is 0 Å². The molecule has 1 nitrogen and oxygen atoms in total. The highest BCUT2D eigenvalue weighted by Crippen LogP contribution is 2.67. The van der Waals surface area contributed by atoms with Crippen molar-refractivity contribution in [1.82, 2.24) is 0 Å². The molecule has 7 unspecified atom stereocenters. The molecule has 0 N–H and O–H groups in total. The fourth-order valence-corrected chi connectivity index (χ4v) is 7.93. The lowest BCUT2D eigenvalue weighted by atomic mass is 9.44. The predicted octanol–water partition coefficient (Wildman–Crippen LogP) is 5.99. The van der Waals surface area contributed by atoms with E-state index in [9.17, 15) is 0 Å². The predicted molar refractivity (Wildman–Crippen MR) is 96.3 cm³/mol. The Morgan fingerprint density at radius 2 is 1.91 bits per heavy atom. The molecule has 23 heavy (non-hydrogen) atoms. The highest BCUT2D eigenvalue weighted by atomic mass is 16.5. The molecule has 4 saturated carbocycles. The lowest BCUT2D eigenvalue weighted by Crippen LogP contribution is -2.58. The number of fused-ring (bicyclic) bond motifs is 5. The Kier molecular flexibility index (Phi) is 3.95. The van der Waals surface area contributed by atoms with Crippen molar-refractivity contribution < 1.29 is 4.74 Å². The lowest BCUT2D eigenvalue weighted by Gasteiger charge is -2.62. The van der Waals surface area contributed by atoms with Gasteiger partial charge in [0.1, 0.15) is 0 Å². The van der Waals surface area contributed by atoms with E-state index in [-0.39, 0.29) is 0 Å². The van der Waals surface area contributed by atoms with E-state index in [2.05, 4.69) is 26.8 Å². The second-order valence-electron chi connectivity index (χ2n) is 9.57. The average molecular weight is 317 g/mol. The molecule has 0 spiro atoms. The number of hydrogen-bond donors (Lipinski definition) is 0. The third kappa shape index (κ3) is 2.14. The maximum absolute atomic E-state index is 6.21. The van der Waals surface area contributed by atoms with E-state index < -0.39 is 0 Å². The second kappa shape index (κ2) is 5.61. The lowest BCUT2D eigenvalue weighted by molar-refractivity contribution is -0.166. The van der Waals surface area contributed by atoms with E-state index in [0.717, 1.165) is 23.7 Å². The monoisotopic (exact) mass is 316 g/mol. The van der Waals surface area contributed by atoms with Crippen LogP contribution in [0.4, 0.5) is 0 Å². The Bertz CT molecular complexity index is 494. The summed E-state index contributed by atoms with van der Waals surface area (Å²) in [6.07, 6.45) is 15.8. The van der Waals surface area contributed by atoms with Crippen LogP contribution in [0.1, 0.15) is 78.6 Å². The van der Waals surface area contributed by atoms with Gasteiger partial charge >= 0.3 is 0 Å². The SMILES string of the molecule is C/C=C1/CCC2C3CCC4CCCCC4(C)C3C(OC)CC12C. The zero-order chi connectivity index (χ0) is 16.2. The van der Waals surface area contributed by atoms with Crippen molar-refractivity contribution in [3.8, 4) is 0 Å². The standard InChI is InChI=1S/C22H36O/c1-5-15-10-12-18-17-11-9-16-8-6-7-13-21(16,2)20(17)19(23-4)14-22(15,18)3/h5,16-20H,6-14H2,1-4H3/b15-5-. The molecule has 0 radical (unpaired) electrons. The first kappa shape index (κ1) is 16.2. The van der Waals surface area contributed by atoms with E-state index in [0.29, 0.717) is 16.9 Å². The quantitative estimate of drug-likeness (QED) is 0.540. The van der Waals surface area contributed by atoms with Gasteiger partial charge < -0.3 is 4.74 Å². The Hall–Kier alpha value is -0.300. The first-order valence-corrected chi connectivity index (χ1v) is 10.2. The summed E-state index contributed by atoms with van der Waals surface area (Å²) in [5, 5.41) is 0. The summed E-state index contributed by atoms with van der Waals surface area (Å²) in [6, 6.07) is 0. The topological polar surface area (TPSA) is 9.23 Å². The number of methoxy groups -OCH3 is 1. The van der Waals surface area contributed by atoms with Crippen molar-refractivity contribution in [3.63, 3.8) is 0 Å². The summed E-state index contributed by atoms with van der Waals surface area (Å²) in [7, 11) is 1.99. The van der Waals surface area contributed by atoms with Crippen LogP contribution in [0, 0.1) is 34.5 Å². The Morgan fingerprint density at radius 1 is 1.09 bits per heavy atom. The van der Waals surface area contributed by atoms with Gasteiger partial charge in [0.2, 0.25) is 0 Å². The molecule has 0 amide bonds. The maximum Gasteiger partial charge on any atom is 0.0615 e. The minimum Gasteiger partial charge on any atom is -0.381 e. The third-order valence-electron chi connectivity index (χ3n) is 8.99. The molecule has 4 aliphatic carbocycles. The number of allylic oxidation sites excluding steroid dienone is 2. The largest absolute Gasteiger partial charge is 0.381 e. The van der Waals surface area contributed by atoms with E-state index in [1.54, 1.807) is 5.57 Å². The smallest absolute Gasteiger partial charge is 0.0615 e. The number of ether oxygens (including phenoxy) is 1. The molecule has 130 valence electrons. The van der Waals surface area contributed by atoms with Crippen molar-refractivity contribution in [1.29, 1.82) is 0 Å². The van der Waals surface area contributed by atoms with E-state index >= 15 is 0 Å². The summed E-state index contributed by atoms with van der Waals surface area (Å²) in [4.78, 5) is 0. The zero-order valence-electron chi connectivity index (χ0n) is 15.7. The normalized spacial score (nSPS) is 54.4. The second-order valence-corrected chi connectivity index (χ2v) is 9.57. The summed E-state index contributed by atoms with van der Waals surface area (Å²) < 4.78 is 6.21. The van der Waals surface area contributed by atoms with Crippen LogP contribution in [-0.2, 0) is 4.74 Å². The van der Waals surface area contributed by atoms with Crippen LogP contribution >= 0.6 is 0 Å². The van der Waals surface area contributed by atoms with Crippen molar-refractivity contribution in [2.75, 3.05) is 7.11 Å². The van der Waals surface area contributed by atoms with Gasteiger partial charge in [0, 0.05) is 7.11 Å². The summed E-state index contributed by atoms with van der Waals surface area (Å²) >= 11 is 0. The van der Waals surface area contributed by atoms with Gasteiger partial charge in [-0.15, -0.1) is 0 Å². The average Bonchev–Trinajstić information content (AvgIpc) is 2.89. The van der Waals surface area contributed by atoms with Crippen LogP contribution in [-0.4, -0.2) is 13.2 Å². The highest BCUT2D eigenvalue weighted by molar-refractivity contribution is 5.25. The van der Waals surface area contributed by atoms with Gasteiger partial charge in [0.15, 0.2) is 0 Å². The van der Waals surface area contributed by atoms with Gasteiger partial charge in [0.05, 0.1) is 6.10 Å². The molecule has 4 fully saturated rings. The van der Waals surface area contributed by atoms with Gasteiger partial charge in [-0.25, -0.2) is 0 Å². The molecule has 7 atom stereocenters. The Balaban J connectivity index is 1.73. The third-order valence-corrected chi connectivity index (χ3v) is 8.99. The fourth-order valence-electron chi connectivity index (χ4n) is 7.93. The summed E-state index contributed by atoms with van der Waals surface area (Å²) in [5.74, 6) is 3.63. The minimum absolute atomic E-state index is 0.425. The first-order valence-electron chi connectivity index (χ1n) is 10.2. The van der Waals surface area contributed by atoms with Gasteiger partial charge in [-0.3, -0.25) is 0 Å². The maximum atomic E-state index is 6.21. The molecule has 0 bridgehead atoms. The van der Waals surface area contributed by atoms with Gasteiger partial charge in [0.25, 0.3) is 0 Å².